The molecule has 0 atom stereocenters. The summed E-state index contributed by atoms with van der Waals surface area (Å²) in [6, 6.07) is 28.4. The smallest absolute Gasteiger partial charge is 0.416 e. The highest BCUT2D eigenvalue weighted by Gasteiger charge is 2.30. The van der Waals surface area contributed by atoms with Crippen LogP contribution in [0.5, 0.6) is 23.1 Å². The van der Waals surface area contributed by atoms with Gasteiger partial charge in [-0.2, -0.15) is 13.2 Å². The third kappa shape index (κ3) is 12.0. The van der Waals surface area contributed by atoms with Crippen LogP contribution < -0.4 is 14.2 Å². The summed E-state index contributed by atoms with van der Waals surface area (Å²) in [6.45, 7) is 8.32. The molecule has 0 N–H and O–H groups in total. The second-order valence-electron chi connectivity index (χ2n) is 13.2. The second-order valence-corrected chi connectivity index (χ2v) is 13.6. The number of benzene rings is 4. The fourth-order valence-electron chi connectivity index (χ4n) is 5.95. The summed E-state index contributed by atoms with van der Waals surface area (Å²) in [6.07, 6.45) is 1.27. The molecule has 0 radical (unpaired) electrons. The number of hydrogen-bond donors (Lipinski definition) is 0. The number of ether oxygens (including phenoxy) is 3. The van der Waals surface area contributed by atoms with Crippen LogP contribution in [0.3, 0.4) is 0 Å². The van der Waals surface area contributed by atoms with E-state index in [0.717, 1.165) is 55.1 Å². The largest absolute Gasteiger partial charge is 0.493 e. The number of hydrogen-bond acceptors (Lipinski definition) is 6. The first-order chi connectivity index (χ1) is 26.0. The molecule has 12 heteroatoms. The number of pyridine rings is 1. The minimum absolute atomic E-state index is 0. The van der Waals surface area contributed by atoms with Gasteiger partial charge in [0.2, 0.25) is 11.8 Å². The maximum atomic E-state index is 13.0. The number of rotatable bonds is 13. The molecule has 1 fully saturated rings. The molecule has 2 heterocycles. The quantitative estimate of drug-likeness (QED) is 0.111. The summed E-state index contributed by atoms with van der Waals surface area (Å²) in [5.41, 5.74) is 5.12. The third-order valence-electron chi connectivity index (χ3n) is 9.07. The van der Waals surface area contributed by atoms with Gasteiger partial charge in [-0.15, -0.1) is 12.4 Å². The SMILES string of the molecule is Cc1ccc(CCOc2ccc(CN3CCN(C(=O)C=Cc4cc(C)c(Oc5ccc(OCc6ccc(C(F)(F)F)cc6)cn5)c(Cl)c4)CC3)cc2)cc1.Cl. The summed E-state index contributed by atoms with van der Waals surface area (Å²) in [5.74, 6) is 1.96. The lowest BCUT2D eigenvalue weighted by Gasteiger charge is -2.34. The van der Waals surface area contributed by atoms with Crippen molar-refractivity contribution in [2.24, 2.45) is 0 Å². The van der Waals surface area contributed by atoms with Crippen LogP contribution in [0.4, 0.5) is 13.2 Å². The molecule has 1 aromatic heterocycles. The van der Waals surface area contributed by atoms with Crippen LogP contribution in [0, 0.1) is 13.8 Å². The summed E-state index contributed by atoms with van der Waals surface area (Å²) in [5, 5.41) is 0.363. The Morgan fingerprint density at radius 2 is 1.47 bits per heavy atom. The lowest BCUT2D eigenvalue weighted by Crippen LogP contribution is -2.47. The van der Waals surface area contributed by atoms with Crippen molar-refractivity contribution in [2.75, 3.05) is 32.8 Å². The van der Waals surface area contributed by atoms with Gasteiger partial charge in [-0.25, -0.2) is 4.98 Å². The van der Waals surface area contributed by atoms with E-state index in [9.17, 15) is 18.0 Å². The topological polar surface area (TPSA) is 64.1 Å². The zero-order chi connectivity index (χ0) is 38.1. The number of aromatic nitrogens is 1. The Morgan fingerprint density at radius 1 is 0.818 bits per heavy atom. The minimum atomic E-state index is -4.39. The molecule has 0 saturated carbocycles. The molecule has 5 aromatic rings. The first-order valence-electron chi connectivity index (χ1n) is 17.7. The molecule has 0 spiro atoms. The van der Waals surface area contributed by atoms with Gasteiger partial charge in [-0.3, -0.25) is 9.69 Å². The van der Waals surface area contributed by atoms with Crippen LogP contribution in [0.25, 0.3) is 6.08 Å². The van der Waals surface area contributed by atoms with Crippen molar-refractivity contribution in [3.63, 3.8) is 0 Å². The van der Waals surface area contributed by atoms with Crippen molar-refractivity contribution in [1.29, 1.82) is 0 Å². The average molecular weight is 793 g/mol. The van der Waals surface area contributed by atoms with Gasteiger partial charge < -0.3 is 19.1 Å². The zero-order valence-corrected chi connectivity index (χ0v) is 32.1. The minimum Gasteiger partial charge on any atom is -0.493 e. The fraction of sp³-hybridized carbons (Fsp3) is 0.256. The predicted octanol–water partition coefficient (Wildman–Crippen LogP) is 10.1. The highest BCUT2D eigenvalue weighted by atomic mass is 35.5. The lowest BCUT2D eigenvalue weighted by atomic mass is 10.1. The number of piperazine rings is 1. The Labute approximate surface area is 330 Å². The Bertz CT molecular complexity index is 2010. The van der Waals surface area contributed by atoms with E-state index in [-0.39, 0.29) is 30.8 Å². The first kappa shape index (κ1) is 41.1. The van der Waals surface area contributed by atoms with E-state index >= 15 is 0 Å². The van der Waals surface area contributed by atoms with Crippen LogP contribution >= 0.6 is 24.0 Å². The molecule has 288 valence electrons. The molecule has 1 aliphatic rings. The van der Waals surface area contributed by atoms with Crippen LogP contribution in [-0.4, -0.2) is 53.5 Å². The molecule has 1 amide bonds. The van der Waals surface area contributed by atoms with E-state index in [2.05, 4.69) is 53.2 Å². The zero-order valence-electron chi connectivity index (χ0n) is 30.5. The van der Waals surface area contributed by atoms with Gasteiger partial charge in [0.05, 0.1) is 23.4 Å². The van der Waals surface area contributed by atoms with Crippen molar-refractivity contribution in [3.05, 3.63) is 153 Å². The molecule has 0 bridgehead atoms. The van der Waals surface area contributed by atoms with Crippen molar-refractivity contribution < 1.29 is 32.2 Å². The Kier molecular flexibility index (Phi) is 14.2. The van der Waals surface area contributed by atoms with Crippen LogP contribution in [0.1, 0.15) is 38.9 Å². The number of aryl methyl sites for hydroxylation is 2. The standard InChI is InChI=1S/C43H41ClF3N3O4.ClH/c1-30-3-5-32(6-4-30)19-24-52-37-14-9-33(10-15-37)28-49-20-22-50(23-21-49)41(51)18-11-35-25-31(2)42(39(44)26-35)54-40-17-16-38(27-48-40)53-29-34-7-12-36(13-8-34)43(45,46)47;/h3-18,25-27H,19-24,28-29H2,1-2H3;1H. The van der Waals surface area contributed by atoms with Crippen molar-refractivity contribution in [1.82, 2.24) is 14.8 Å². The van der Waals surface area contributed by atoms with Gasteiger partial charge in [0.1, 0.15) is 18.1 Å². The van der Waals surface area contributed by atoms with Crippen molar-refractivity contribution in [3.8, 4) is 23.1 Å². The van der Waals surface area contributed by atoms with Crippen LogP contribution in [-0.2, 0) is 30.5 Å². The Morgan fingerprint density at radius 3 is 2.11 bits per heavy atom. The average Bonchev–Trinajstić information content (AvgIpc) is 3.16. The Balaban J connectivity index is 0.00000580. The Hall–Kier alpha value is -5.03. The number of nitrogens with zero attached hydrogens (tertiary/aromatic N) is 3. The molecule has 4 aromatic carbocycles. The lowest BCUT2D eigenvalue weighted by molar-refractivity contribution is -0.137. The van der Waals surface area contributed by atoms with Gasteiger partial charge in [-0.1, -0.05) is 65.7 Å². The highest BCUT2D eigenvalue weighted by Crippen LogP contribution is 2.34. The summed E-state index contributed by atoms with van der Waals surface area (Å²) in [7, 11) is 0. The van der Waals surface area contributed by atoms with E-state index in [1.165, 1.54) is 35.0 Å². The van der Waals surface area contributed by atoms with E-state index in [1.54, 1.807) is 30.4 Å². The molecule has 0 unspecified atom stereocenters. The number of carbonyl (C=O) groups is 1. The first-order valence-corrected chi connectivity index (χ1v) is 18.1. The van der Waals surface area contributed by atoms with Crippen LogP contribution in [0.2, 0.25) is 5.02 Å². The van der Waals surface area contributed by atoms with Gasteiger partial charge in [0.15, 0.2) is 5.75 Å². The van der Waals surface area contributed by atoms with Gasteiger partial charge in [0.25, 0.3) is 0 Å². The summed E-state index contributed by atoms with van der Waals surface area (Å²) < 4.78 is 56.0. The fourth-order valence-corrected chi connectivity index (χ4v) is 6.26. The molecule has 1 aliphatic heterocycles. The predicted molar refractivity (Wildman–Crippen MR) is 211 cm³/mol. The number of amides is 1. The number of carbonyl (C=O) groups excluding carboxylic acids is 1. The van der Waals surface area contributed by atoms with Gasteiger partial charge >= 0.3 is 6.18 Å². The molecule has 7 nitrogen and oxygen atoms in total. The van der Waals surface area contributed by atoms with Crippen molar-refractivity contribution >= 4 is 36.0 Å². The maximum Gasteiger partial charge on any atom is 0.416 e. The molecule has 1 saturated heterocycles. The monoisotopic (exact) mass is 791 g/mol. The molecule has 55 heavy (non-hydrogen) atoms. The summed E-state index contributed by atoms with van der Waals surface area (Å²) in [4.78, 5) is 21.5. The normalized spacial score (nSPS) is 13.4. The molecule has 0 aliphatic carbocycles. The maximum absolute atomic E-state index is 13.0. The number of halogens is 5. The van der Waals surface area contributed by atoms with E-state index in [4.69, 9.17) is 25.8 Å². The van der Waals surface area contributed by atoms with Crippen LogP contribution in [0.15, 0.2) is 109 Å². The van der Waals surface area contributed by atoms with Gasteiger partial charge in [0, 0.05) is 51.3 Å². The summed E-state index contributed by atoms with van der Waals surface area (Å²) >= 11 is 6.59. The van der Waals surface area contributed by atoms with Crippen molar-refractivity contribution in [2.45, 2.75) is 39.6 Å². The van der Waals surface area contributed by atoms with Gasteiger partial charge in [-0.05, 0) is 90.2 Å². The third-order valence-corrected chi connectivity index (χ3v) is 9.35. The second kappa shape index (κ2) is 19.0. The van der Waals surface area contributed by atoms with E-state index < -0.39 is 11.7 Å². The molecular formula is C43H42Cl2F3N3O4. The number of alkyl halides is 3. The highest BCUT2D eigenvalue weighted by molar-refractivity contribution is 6.32. The molecular weight excluding hydrogens is 750 g/mol. The molecule has 6 rings (SSSR count). The van der Waals surface area contributed by atoms with E-state index in [1.807, 2.05) is 30.0 Å². The van der Waals surface area contributed by atoms with E-state index in [0.29, 0.717) is 41.8 Å².